The van der Waals surface area contributed by atoms with E-state index in [4.69, 9.17) is 17.7 Å². The Hall–Kier alpha value is -12.4. The molecule has 119 heavy (non-hydrogen) atoms. The van der Waals surface area contributed by atoms with E-state index in [1.165, 1.54) is 27.8 Å². The number of fused-ring (bicyclic) bond motifs is 7. The Labute approximate surface area is 719 Å². The van der Waals surface area contributed by atoms with E-state index in [9.17, 15) is 11.0 Å². The number of hydrogen-bond donors (Lipinski definition) is 0. The molecule has 0 atom stereocenters. The zero-order valence-corrected chi connectivity index (χ0v) is 71.9. The van der Waals surface area contributed by atoms with Gasteiger partial charge in [0.2, 0.25) is 0 Å². The molecule has 18 rings (SSSR count). The van der Waals surface area contributed by atoms with E-state index in [2.05, 4.69) is 370 Å². The minimum atomic E-state index is -0.654. The summed E-state index contributed by atoms with van der Waals surface area (Å²) >= 11 is 0. The third-order valence-corrected chi connectivity index (χ3v) is 24.3. The Morgan fingerprint density at radius 3 is 1.22 bits per heavy atom. The van der Waals surface area contributed by atoms with E-state index in [1.807, 2.05) is 18.2 Å². The molecule has 0 N–H and O–H groups in total. The predicted octanol–water partition coefficient (Wildman–Crippen LogP) is 28.5. The largest absolute Gasteiger partial charge is 0.311 e. The summed E-state index contributed by atoms with van der Waals surface area (Å²) in [6, 6.07) is 83.4. The molecule has 0 amide bonds. The van der Waals surface area contributed by atoms with E-state index >= 15 is 0 Å². The number of rotatable bonds is 11. The van der Waals surface area contributed by atoms with Crippen molar-refractivity contribution in [2.45, 2.75) is 164 Å². The van der Waals surface area contributed by atoms with Crippen LogP contribution in [-0.4, -0.2) is 26.2 Å². The highest BCUT2D eigenvalue weighted by molar-refractivity contribution is 7.00. The van der Waals surface area contributed by atoms with Crippen LogP contribution >= 0.6 is 0 Å². The molecule has 4 heterocycles. The number of aromatic nitrogens is 4. The average Bonchev–Trinajstić information content (AvgIpc) is 1.34. The Morgan fingerprint density at radius 1 is 0.294 bits per heavy atom. The summed E-state index contributed by atoms with van der Waals surface area (Å²) in [6.07, 6.45) is 0. The maximum Gasteiger partial charge on any atom is 0.252 e. The smallest absolute Gasteiger partial charge is 0.252 e. The van der Waals surface area contributed by atoms with Crippen LogP contribution in [0.5, 0.6) is 0 Å². The van der Waals surface area contributed by atoms with E-state index < -0.39 is 72.6 Å². The van der Waals surface area contributed by atoms with Crippen molar-refractivity contribution in [1.82, 2.24) is 19.5 Å². The van der Waals surface area contributed by atoms with Gasteiger partial charge >= 0.3 is 0 Å². The highest BCUT2D eigenvalue weighted by Gasteiger charge is 2.47. The van der Waals surface area contributed by atoms with Crippen LogP contribution in [0.15, 0.2) is 303 Å². The van der Waals surface area contributed by atoms with Gasteiger partial charge in [0.25, 0.3) is 6.71 Å². The molecule has 6 nitrogen and oxygen atoms in total. The standard InChI is InChI=1S/C112H107BN6/c1-70-91(112(17,18)19)69-88(73-40-29-22-30-41-73)103(101(70)106-115-104(74-42-31-23-32-43-74)114-105(116-106)75-44-33-24-34-45-75)119-98-63-79(80-59-84(110(11,12)13)64-85(60-80)111(14,15)16)49-54-93(98)113-92-53-48-78(76-46-35-47-81(58-76)107(2,3)4)62-97(92)118(94-55-50-77(71-36-25-20-26-37-71)61-87(94)72-38-27-21-28-39-72)99-67-86(68-100(119)102(99)113)117-95-56-51-82(108(5,6)7)65-89(95)90-66-83(109(8,9)10)52-57-96(90)117/h20-69H,1-19H3/i23D,24D,31D,32D,33D,34D,42D,43D,44D,45D. The summed E-state index contributed by atoms with van der Waals surface area (Å²) in [5.74, 6) is -0.809. The van der Waals surface area contributed by atoms with Crippen molar-refractivity contribution in [3.05, 3.63) is 342 Å². The van der Waals surface area contributed by atoms with Crippen LogP contribution < -0.4 is 26.2 Å². The Bertz CT molecular complexity index is 7070. The highest BCUT2D eigenvalue weighted by atomic mass is 15.2. The van der Waals surface area contributed by atoms with Crippen LogP contribution in [0.2, 0.25) is 0 Å². The van der Waals surface area contributed by atoms with Gasteiger partial charge in [-0.3, -0.25) is 0 Å². The molecule has 0 aliphatic carbocycles. The fourth-order valence-corrected chi connectivity index (χ4v) is 17.7. The normalized spacial score (nSPS) is 14.3. The van der Waals surface area contributed by atoms with Crippen LogP contribution in [0.1, 0.15) is 177 Å². The molecule has 0 radical (unpaired) electrons. The molecule has 0 saturated carbocycles. The Kier molecular flexibility index (Phi) is 16.2. The number of nitrogens with zero attached hydrogens (tertiary/aromatic N) is 6. The monoisotopic (exact) mass is 1560 g/mol. The van der Waals surface area contributed by atoms with Crippen molar-refractivity contribution in [2.24, 2.45) is 0 Å². The maximum atomic E-state index is 9.76. The number of anilines is 6. The SMILES string of the molecule is [2H]c1c([2H])c([2H])c(-c2nc(-c3c([2H])c([2H])c([2H])c([2H])c3[2H])nc(-c3c(C)c(C(C)(C)C)cc(-c4ccccc4)c3N3c4cc(-c5cc(C(C)(C)C)cc(C(C)(C)C)c5)ccc4B4c5ccc(-c6cccc(C(C)(C)C)c6)cc5N(c5ccc(-c6ccccc6)cc5-c5ccccc5)c5cc(-n6c7ccc(C(C)(C)C)cc7c7cc(C(C)(C)C)ccc76)cc3c54)n2)c([2H])c1[2H]. The summed E-state index contributed by atoms with van der Waals surface area (Å²) in [7, 11) is 0. The van der Waals surface area contributed by atoms with Crippen molar-refractivity contribution in [3.8, 4) is 95.5 Å². The molecule has 0 spiro atoms. The molecular weight excluding hydrogens is 1440 g/mol. The molecular formula is C112H107BN6. The lowest BCUT2D eigenvalue weighted by Gasteiger charge is -2.46. The molecule has 0 bridgehead atoms. The minimum absolute atomic E-state index is 0.0605. The summed E-state index contributed by atoms with van der Waals surface area (Å²) in [4.78, 5) is 21.0. The molecule has 2 aromatic heterocycles. The van der Waals surface area contributed by atoms with Gasteiger partial charge < -0.3 is 14.4 Å². The molecule has 0 fully saturated rings. The first-order valence-electron chi connectivity index (χ1n) is 46.7. The second-order valence-corrected chi connectivity index (χ2v) is 38.7. The van der Waals surface area contributed by atoms with E-state index in [1.54, 1.807) is 0 Å². The van der Waals surface area contributed by atoms with Gasteiger partial charge in [0, 0.05) is 61.3 Å². The number of hydrogen-bond acceptors (Lipinski definition) is 5. The first-order valence-corrected chi connectivity index (χ1v) is 41.7. The Balaban J connectivity index is 1.09. The molecule has 14 aromatic carbocycles. The van der Waals surface area contributed by atoms with Gasteiger partial charge in [-0.2, -0.15) is 0 Å². The van der Waals surface area contributed by atoms with Crippen LogP contribution in [0, 0.1) is 6.92 Å². The predicted molar refractivity (Wildman–Crippen MR) is 509 cm³/mol. The fourth-order valence-electron chi connectivity index (χ4n) is 17.7. The molecule has 588 valence electrons. The van der Waals surface area contributed by atoms with Crippen LogP contribution in [0.3, 0.4) is 0 Å². The van der Waals surface area contributed by atoms with Crippen molar-refractivity contribution in [3.63, 3.8) is 0 Å². The third-order valence-electron chi connectivity index (χ3n) is 24.3. The van der Waals surface area contributed by atoms with Crippen molar-refractivity contribution < 1.29 is 13.7 Å². The van der Waals surface area contributed by atoms with Gasteiger partial charge in [0.15, 0.2) is 17.5 Å². The zero-order valence-electron chi connectivity index (χ0n) is 81.9. The minimum Gasteiger partial charge on any atom is -0.311 e. The van der Waals surface area contributed by atoms with Crippen LogP contribution in [0.4, 0.5) is 34.1 Å². The topological polar surface area (TPSA) is 50.1 Å². The van der Waals surface area contributed by atoms with Gasteiger partial charge in [0.1, 0.15) is 0 Å². The van der Waals surface area contributed by atoms with E-state index in [0.717, 1.165) is 134 Å². The lowest BCUT2D eigenvalue weighted by Crippen LogP contribution is -2.61. The quantitative estimate of drug-likeness (QED) is 0.121. The Morgan fingerprint density at radius 2 is 0.714 bits per heavy atom. The van der Waals surface area contributed by atoms with Crippen molar-refractivity contribution in [2.75, 3.05) is 9.80 Å². The first kappa shape index (κ1) is 66.6. The fraction of sp³-hybridized carbons (Fsp3) is 0.223. The molecule has 16 aromatic rings. The molecule has 0 unspecified atom stereocenters. The van der Waals surface area contributed by atoms with Gasteiger partial charge in [-0.15, -0.1) is 0 Å². The molecule has 2 aliphatic rings. The van der Waals surface area contributed by atoms with Gasteiger partial charge in [-0.1, -0.05) is 361 Å². The van der Waals surface area contributed by atoms with Gasteiger partial charge in [-0.05, 0) is 206 Å². The molecule has 2 aliphatic heterocycles. The van der Waals surface area contributed by atoms with Crippen molar-refractivity contribution in [1.29, 1.82) is 0 Å². The van der Waals surface area contributed by atoms with Crippen molar-refractivity contribution >= 4 is 79.0 Å². The zero-order chi connectivity index (χ0) is 91.9. The summed E-state index contributed by atoms with van der Waals surface area (Å²) in [5.41, 5.74) is 25.9. The average molecular weight is 1560 g/mol. The maximum absolute atomic E-state index is 9.76. The second-order valence-electron chi connectivity index (χ2n) is 38.7. The van der Waals surface area contributed by atoms with E-state index in [0.29, 0.717) is 16.8 Å². The lowest BCUT2D eigenvalue weighted by atomic mass is 9.33. The summed E-state index contributed by atoms with van der Waals surface area (Å²) in [6.45, 7) is 42.1. The number of benzene rings is 14. The summed E-state index contributed by atoms with van der Waals surface area (Å²) < 4.78 is 96.4. The lowest BCUT2D eigenvalue weighted by molar-refractivity contribution is 0.569. The second kappa shape index (κ2) is 29.0. The first-order chi connectivity index (χ1) is 60.8. The van der Waals surface area contributed by atoms with E-state index in [-0.39, 0.29) is 55.7 Å². The molecule has 7 heteroatoms. The highest BCUT2D eigenvalue weighted by Crippen LogP contribution is 2.56. The van der Waals surface area contributed by atoms with Gasteiger partial charge in [0.05, 0.1) is 41.8 Å². The van der Waals surface area contributed by atoms with Gasteiger partial charge in [-0.25, -0.2) is 15.0 Å². The third kappa shape index (κ3) is 14.2. The summed E-state index contributed by atoms with van der Waals surface area (Å²) in [5, 5.41) is 2.20. The van der Waals surface area contributed by atoms with Crippen LogP contribution in [-0.2, 0) is 32.5 Å². The molecule has 0 saturated heterocycles. The van der Waals surface area contributed by atoms with Crippen LogP contribution in [0.25, 0.3) is 117 Å².